The van der Waals surface area contributed by atoms with Gasteiger partial charge in [0.25, 0.3) is 5.91 Å². The first-order valence-electron chi connectivity index (χ1n) is 9.72. The SMILES string of the molecule is COC(=O)c1ccc(C)c(NC(=O)C[NH+]2CCN(c3ccccc3OC)CC2)c1. The molecule has 0 radical (unpaired) electrons. The number of quaternary nitrogens is 1. The van der Waals surface area contributed by atoms with Crippen molar-refractivity contribution >= 4 is 23.3 Å². The topological polar surface area (TPSA) is 72.3 Å². The minimum Gasteiger partial charge on any atom is -0.495 e. The number of carbonyl (C=O) groups excluding carboxylic acids is 2. The van der Waals surface area contributed by atoms with Crippen molar-refractivity contribution in [2.75, 3.05) is 57.2 Å². The highest BCUT2D eigenvalue weighted by Gasteiger charge is 2.24. The van der Waals surface area contributed by atoms with Crippen molar-refractivity contribution in [3.05, 3.63) is 53.6 Å². The lowest BCUT2D eigenvalue weighted by atomic mass is 10.1. The van der Waals surface area contributed by atoms with E-state index < -0.39 is 5.97 Å². The number of hydrogen-bond acceptors (Lipinski definition) is 5. The lowest BCUT2D eigenvalue weighted by molar-refractivity contribution is -0.892. The maximum Gasteiger partial charge on any atom is 0.337 e. The lowest BCUT2D eigenvalue weighted by Crippen LogP contribution is -3.15. The van der Waals surface area contributed by atoms with E-state index in [9.17, 15) is 9.59 Å². The molecule has 1 heterocycles. The van der Waals surface area contributed by atoms with Crippen molar-refractivity contribution < 1.29 is 24.0 Å². The first-order chi connectivity index (χ1) is 14.0. The van der Waals surface area contributed by atoms with Crippen LogP contribution >= 0.6 is 0 Å². The smallest absolute Gasteiger partial charge is 0.337 e. The number of piperazine rings is 1. The largest absolute Gasteiger partial charge is 0.495 e. The number of nitrogens with one attached hydrogen (secondary N) is 2. The Morgan fingerprint density at radius 1 is 1.10 bits per heavy atom. The Kier molecular flexibility index (Phi) is 6.72. The minimum absolute atomic E-state index is 0.0594. The van der Waals surface area contributed by atoms with Crippen LogP contribution in [0.15, 0.2) is 42.5 Å². The van der Waals surface area contributed by atoms with Gasteiger partial charge in [0.2, 0.25) is 0 Å². The van der Waals surface area contributed by atoms with Crippen LogP contribution in [0.4, 0.5) is 11.4 Å². The van der Waals surface area contributed by atoms with Gasteiger partial charge < -0.3 is 24.6 Å². The molecule has 2 aromatic rings. The van der Waals surface area contributed by atoms with E-state index in [1.54, 1.807) is 25.3 Å². The quantitative estimate of drug-likeness (QED) is 0.714. The number of esters is 1. The summed E-state index contributed by atoms with van der Waals surface area (Å²) in [6.07, 6.45) is 0. The molecule has 1 aliphatic rings. The second kappa shape index (κ2) is 9.43. The fourth-order valence-electron chi connectivity index (χ4n) is 3.55. The van der Waals surface area contributed by atoms with Gasteiger partial charge in [0.05, 0.1) is 51.6 Å². The molecule has 2 aromatic carbocycles. The van der Waals surface area contributed by atoms with Gasteiger partial charge in [0.15, 0.2) is 6.54 Å². The number of para-hydroxylation sites is 2. The Labute approximate surface area is 171 Å². The number of rotatable bonds is 6. The molecule has 1 saturated heterocycles. The molecule has 29 heavy (non-hydrogen) atoms. The average Bonchev–Trinajstić information content (AvgIpc) is 2.75. The van der Waals surface area contributed by atoms with Crippen LogP contribution in [0.1, 0.15) is 15.9 Å². The molecule has 0 unspecified atom stereocenters. The molecule has 7 nitrogen and oxygen atoms in total. The molecule has 7 heteroatoms. The fraction of sp³-hybridized carbons (Fsp3) is 0.364. The van der Waals surface area contributed by atoms with E-state index in [2.05, 4.69) is 16.3 Å². The summed E-state index contributed by atoms with van der Waals surface area (Å²) in [5.41, 5.74) is 3.06. The third kappa shape index (κ3) is 5.06. The van der Waals surface area contributed by atoms with E-state index in [1.807, 2.05) is 25.1 Å². The number of amides is 1. The monoisotopic (exact) mass is 398 g/mol. The highest BCUT2D eigenvalue weighted by atomic mass is 16.5. The number of aryl methyl sites for hydroxylation is 1. The third-order valence-electron chi connectivity index (χ3n) is 5.24. The highest BCUT2D eigenvalue weighted by molar-refractivity contribution is 5.95. The fourth-order valence-corrected chi connectivity index (χ4v) is 3.55. The highest BCUT2D eigenvalue weighted by Crippen LogP contribution is 2.27. The molecule has 154 valence electrons. The number of methoxy groups -OCH3 is 2. The molecule has 0 atom stereocenters. The molecule has 3 rings (SSSR count). The van der Waals surface area contributed by atoms with Gasteiger partial charge in [-0.25, -0.2) is 4.79 Å². The summed E-state index contributed by atoms with van der Waals surface area (Å²) in [6, 6.07) is 13.2. The summed E-state index contributed by atoms with van der Waals surface area (Å²) in [7, 11) is 3.02. The summed E-state index contributed by atoms with van der Waals surface area (Å²) in [6.45, 7) is 5.75. The Hall–Kier alpha value is -3.06. The molecule has 0 bridgehead atoms. The number of benzene rings is 2. The van der Waals surface area contributed by atoms with Gasteiger partial charge in [0, 0.05) is 5.69 Å². The Bertz CT molecular complexity index is 876. The number of nitrogens with zero attached hydrogens (tertiary/aromatic N) is 1. The van der Waals surface area contributed by atoms with Crippen molar-refractivity contribution in [1.82, 2.24) is 0 Å². The van der Waals surface area contributed by atoms with Crippen LogP contribution in [0, 0.1) is 6.92 Å². The van der Waals surface area contributed by atoms with Crippen LogP contribution < -0.4 is 19.9 Å². The number of carbonyl (C=O) groups is 2. The van der Waals surface area contributed by atoms with Crippen LogP contribution in [-0.4, -0.2) is 58.8 Å². The van der Waals surface area contributed by atoms with Gasteiger partial charge in [-0.05, 0) is 36.8 Å². The van der Waals surface area contributed by atoms with Gasteiger partial charge >= 0.3 is 5.97 Å². The van der Waals surface area contributed by atoms with Gasteiger partial charge in [-0.2, -0.15) is 0 Å². The zero-order valence-electron chi connectivity index (χ0n) is 17.2. The molecular formula is C22H28N3O4+. The summed E-state index contributed by atoms with van der Waals surface area (Å²) in [4.78, 5) is 27.8. The Morgan fingerprint density at radius 2 is 1.83 bits per heavy atom. The van der Waals surface area contributed by atoms with Crippen molar-refractivity contribution in [2.45, 2.75) is 6.92 Å². The van der Waals surface area contributed by atoms with Crippen molar-refractivity contribution in [3.63, 3.8) is 0 Å². The normalized spacial score (nSPS) is 14.4. The maximum atomic E-state index is 12.6. The van der Waals surface area contributed by atoms with Gasteiger partial charge in [0.1, 0.15) is 5.75 Å². The molecule has 0 spiro atoms. The van der Waals surface area contributed by atoms with Crippen LogP contribution in [0.5, 0.6) is 5.75 Å². The van der Waals surface area contributed by atoms with E-state index in [-0.39, 0.29) is 5.91 Å². The van der Waals surface area contributed by atoms with Crippen LogP contribution in [0.3, 0.4) is 0 Å². The number of hydrogen-bond donors (Lipinski definition) is 2. The standard InChI is InChI=1S/C22H27N3O4/c1-16-8-9-17(22(27)29-3)14-18(16)23-21(26)15-24-10-12-25(13-11-24)19-6-4-5-7-20(19)28-2/h4-9,14H,10-13,15H2,1-3H3,(H,23,26)/p+1. The first-order valence-corrected chi connectivity index (χ1v) is 9.72. The predicted molar refractivity (Wildman–Crippen MR) is 112 cm³/mol. The molecule has 0 saturated carbocycles. The van der Waals surface area contributed by atoms with Gasteiger partial charge in [-0.3, -0.25) is 4.79 Å². The summed E-state index contributed by atoms with van der Waals surface area (Å²) < 4.78 is 10.2. The van der Waals surface area contributed by atoms with E-state index in [4.69, 9.17) is 9.47 Å². The molecular weight excluding hydrogens is 370 g/mol. The lowest BCUT2D eigenvalue weighted by Gasteiger charge is -2.34. The van der Waals surface area contributed by atoms with E-state index >= 15 is 0 Å². The zero-order valence-corrected chi connectivity index (χ0v) is 17.2. The van der Waals surface area contributed by atoms with Crippen LogP contribution in [-0.2, 0) is 9.53 Å². The molecule has 0 aliphatic carbocycles. The summed E-state index contributed by atoms with van der Waals surface area (Å²) in [5.74, 6) is 0.393. The second-order valence-electron chi connectivity index (χ2n) is 7.16. The van der Waals surface area contributed by atoms with E-state index in [0.717, 1.165) is 43.2 Å². The minimum atomic E-state index is -0.418. The molecule has 1 amide bonds. The van der Waals surface area contributed by atoms with Crippen molar-refractivity contribution in [3.8, 4) is 5.75 Å². The van der Waals surface area contributed by atoms with Gasteiger partial charge in [-0.1, -0.05) is 18.2 Å². The van der Waals surface area contributed by atoms with E-state index in [0.29, 0.717) is 17.8 Å². The second-order valence-corrected chi connectivity index (χ2v) is 7.16. The summed E-state index contributed by atoms with van der Waals surface area (Å²) in [5, 5.41) is 2.94. The summed E-state index contributed by atoms with van der Waals surface area (Å²) >= 11 is 0. The first kappa shape index (κ1) is 20.7. The number of ether oxygens (including phenoxy) is 2. The number of anilines is 2. The predicted octanol–water partition coefficient (Wildman–Crippen LogP) is 1.13. The Balaban J connectivity index is 1.56. The van der Waals surface area contributed by atoms with Crippen molar-refractivity contribution in [2.24, 2.45) is 0 Å². The zero-order chi connectivity index (χ0) is 20.8. The average molecular weight is 398 g/mol. The van der Waals surface area contributed by atoms with Crippen molar-refractivity contribution in [1.29, 1.82) is 0 Å². The van der Waals surface area contributed by atoms with Gasteiger partial charge in [-0.15, -0.1) is 0 Å². The Morgan fingerprint density at radius 3 is 2.52 bits per heavy atom. The third-order valence-corrected chi connectivity index (χ3v) is 5.24. The molecule has 2 N–H and O–H groups in total. The molecule has 1 fully saturated rings. The van der Waals surface area contributed by atoms with E-state index in [1.165, 1.54) is 12.0 Å². The van der Waals surface area contributed by atoms with Crippen LogP contribution in [0.25, 0.3) is 0 Å². The molecule has 0 aromatic heterocycles. The molecule has 1 aliphatic heterocycles. The maximum absolute atomic E-state index is 12.6. The van der Waals surface area contributed by atoms with Crippen LogP contribution in [0.2, 0.25) is 0 Å².